The minimum absolute atomic E-state index is 3.41. The first-order valence-electron chi connectivity index (χ1n) is 1.11. The van der Waals surface area contributed by atoms with Crippen molar-refractivity contribution in [2.45, 2.75) is 0 Å². The molecule has 0 atom stereocenters. The molecule has 0 aromatic heterocycles. The molecule has 0 bridgehead atoms. The van der Waals surface area contributed by atoms with Crippen molar-refractivity contribution >= 4 is 60.3 Å². The molecule has 0 saturated carbocycles. The molecule has 0 spiro atoms. The van der Waals surface area contributed by atoms with E-state index in [2.05, 4.69) is 15.0 Å². The summed E-state index contributed by atoms with van der Waals surface area (Å²) in [5.41, 5.74) is 0. The number of halogens is 6. The molecule has 0 unspecified atom stereocenters. The van der Waals surface area contributed by atoms with Gasteiger partial charge in [0.1, 0.15) is 0 Å². The van der Waals surface area contributed by atoms with Crippen molar-refractivity contribution in [2.24, 2.45) is 0 Å². The third-order valence-electron chi connectivity index (χ3n) is 0.125. The first kappa shape index (κ1) is 11.1. The summed E-state index contributed by atoms with van der Waals surface area (Å²) < 4.78 is 14.3. The summed E-state index contributed by atoms with van der Waals surface area (Å²) in [5.74, 6) is 0. The molecule has 0 heterocycles. The fourth-order valence-corrected chi connectivity index (χ4v) is 0. The zero-order valence-electron chi connectivity index (χ0n) is 3.44. The zero-order chi connectivity index (χ0) is 8.09. The Bertz CT molecular complexity index is 213. The summed E-state index contributed by atoms with van der Waals surface area (Å²) in [7, 11) is 24.0. The van der Waals surface area contributed by atoms with Gasteiger partial charge >= 0.3 is 73.6 Å². The Balaban J connectivity index is 5.50. The molecule has 0 rings (SSSR count). The Kier molecular flexibility index (Phi) is 1.79. The monoisotopic (exact) mass is 344 g/mol. The average molecular weight is 346 g/mol. The molecule has 0 N–H and O–H groups in total. The predicted molar refractivity (Wildman–Crippen MR) is 36.9 cm³/mol. The van der Waals surface area contributed by atoms with Crippen LogP contribution in [0.4, 0.5) is 0 Å². The van der Waals surface area contributed by atoms with E-state index in [0.717, 1.165) is 0 Å². The summed E-state index contributed by atoms with van der Waals surface area (Å²) in [4.78, 5) is 0. The van der Waals surface area contributed by atoms with Crippen molar-refractivity contribution in [3.8, 4) is 0 Å². The molecule has 0 aliphatic carbocycles. The zero-order valence-corrected chi connectivity index (χ0v) is 9.71. The van der Waals surface area contributed by atoms with E-state index >= 15 is 0 Å². The number of hydrogen-bond acceptors (Lipinski definition) is 2. The average Bonchev–Trinajstić information content (AvgIpc) is 1.27. The van der Waals surface area contributed by atoms with Crippen molar-refractivity contribution in [1.29, 1.82) is 0 Å². The number of hydrogen-bond donors (Lipinski definition) is 0. The first-order chi connectivity index (χ1) is 3.24. The van der Waals surface area contributed by atoms with E-state index in [4.69, 9.17) is 48.5 Å². The van der Waals surface area contributed by atoms with Gasteiger partial charge in [-0.25, -0.2) is 0 Å². The second-order valence-electron chi connectivity index (χ2n) is 1.16. The van der Waals surface area contributed by atoms with Crippen LogP contribution in [0.1, 0.15) is 0 Å². The third kappa shape index (κ3) is 10.1. The van der Waals surface area contributed by atoms with Crippen LogP contribution in [-0.2, 0) is 13.3 Å². The van der Waals surface area contributed by atoms with E-state index in [9.17, 15) is 3.57 Å². The van der Waals surface area contributed by atoms with Crippen molar-refractivity contribution in [2.75, 3.05) is 0 Å². The third-order valence-corrected chi connectivity index (χ3v) is 5.88. The van der Waals surface area contributed by atoms with Gasteiger partial charge in [-0.1, -0.05) is 0 Å². The Morgan fingerprint density at radius 2 is 1.11 bits per heavy atom. The van der Waals surface area contributed by atoms with E-state index in [-0.39, 0.29) is 0 Å². The summed E-state index contributed by atoms with van der Waals surface area (Å²) in [6.07, 6.45) is 0. The Morgan fingerprint density at radius 3 is 1.11 bits per heavy atom. The van der Waals surface area contributed by atoms with E-state index in [0.29, 0.717) is 0 Å². The molecule has 0 aromatic rings. The van der Waals surface area contributed by atoms with Gasteiger partial charge < -0.3 is 0 Å². The molecule has 0 saturated heterocycles. The van der Waals surface area contributed by atoms with Crippen molar-refractivity contribution < 1.29 is 13.3 Å². The topological polar surface area (TPSA) is 26.3 Å². The van der Waals surface area contributed by atoms with Gasteiger partial charge in [-0.05, 0) is 0 Å². The summed E-state index contributed by atoms with van der Waals surface area (Å²) in [6, 6.07) is 0. The molecule has 9 heavy (non-hydrogen) atoms. The summed E-state index contributed by atoms with van der Waals surface area (Å²) in [5, 5.41) is 0. The van der Waals surface area contributed by atoms with Gasteiger partial charge in [-0.3, -0.25) is 0 Å². The molecular weight excluding hydrogens is 346 g/mol. The number of rotatable bonds is 1. The van der Waals surface area contributed by atoms with E-state index < -0.39 is 6.61 Å². The molecule has 0 aliphatic rings. The van der Waals surface area contributed by atoms with Crippen molar-refractivity contribution in [3.05, 3.63) is 0 Å². The standard InChI is InChI=1S/ClO.5ClH.O.Ru/c1-2;;;;;;;/h;5*1H;;/q-1;;;;;;;+6/p-5. The van der Waals surface area contributed by atoms with Crippen LogP contribution in [-0.4, -0.2) is 0 Å². The molecule has 0 fully saturated rings. The molecule has 0 amide bonds. The second-order valence-corrected chi connectivity index (χ2v) is 37.9. The SMILES string of the molecule is [O]=[Ru]([Cl])([Cl])([Cl])([Cl])([Cl])[O]Cl. The maximum atomic E-state index is 10.8. The van der Waals surface area contributed by atoms with Gasteiger partial charge in [0.15, 0.2) is 0 Å². The molecule has 0 radical (unpaired) electrons. The van der Waals surface area contributed by atoms with E-state index in [1.165, 1.54) is 0 Å². The molecule has 0 aliphatic heterocycles. The van der Waals surface area contributed by atoms with Crippen LogP contribution in [0.2, 0.25) is 0 Å². The molecule has 2 nitrogen and oxygen atoms in total. The molecular formula is Cl6O2Ru. The van der Waals surface area contributed by atoms with Gasteiger partial charge in [-0.2, -0.15) is 0 Å². The minimum atomic E-state index is -7.29. The molecule has 62 valence electrons. The Hall–Kier alpha value is 2.12. The van der Waals surface area contributed by atoms with Crippen LogP contribution in [0, 0.1) is 0 Å². The van der Waals surface area contributed by atoms with E-state index in [1.54, 1.807) is 0 Å². The van der Waals surface area contributed by atoms with Crippen molar-refractivity contribution in [3.63, 3.8) is 0 Å². The van der Waals surface area contributed by atoms with Crippen LogP contribution >= 0.6 is 60.3 Å². The fraction of sp³-hybridized carbons (Fsp3) is 0. The van der Waals surface area contributed by atoms with Crippen molar-refractivity contribution in [1.82, 2.24) is 0 Å². The van der Waals surface area contributed by atoms with Crippen LogP contribution in [0.3, 0.4) is 0 Å². The normalized spacial score (nSPS) is 25.3. The van der Waals surface area contributed by atoms with Gasteiger partial charge in [0, 0.05) is 0 Å². The fourth-order valence-electron chi connectivity index (χ4n) is 0. The van der Waals surface area contributed by atoms with Gasteiger partial charge in [0.2, 0.25) is 0 Å². The van der Waals surface area contributed by atoms with E-state index in [1.807, 2.05) is 0 Å². The maximum absolute atomic E-state index is 10.8. The summed E-state index contributed by atoms with van der Waals surface area (Å²) >= 11 is 4.50. The van der Waals surface area contributed by atoms with Crippen LogP contribution in [0.25, 0.3) is 0 Å². The Morgan fingerprint density at radius 1 is 1.00 bits per heavy atom. The predicted octanol–water partition coefficient (Wildman–Crippen LogP) is 3.95. The van der Waals surface area contributed by atoms with Gasteiger partial charge in [0.05, 0.1) is 0 Å². The first-order valence-corrected chi connectivity index (χ1v) is 14.0. The molecule has 0 aromatic carbocycles. The van der Waals surface area contributed by atoms with Crippen LogP contribution in [0.15, 0.2) is 0 Å². The summed E-state index contributed by atoms with van der Waals surface area (Å²) in [6.45, 7) is -7.29. The van der Waals surface area contributed by atoms with Crippen LogP contribution in [0.5, 0.6) is 0 Å². The second kappa shape index (κ2) is 1.45. The molecule has 9 heteroatoms. The van der Waals surface area contributed by atoms with Crippen LogP contribution < -0.4 is 0 Å². The quantitative estimate of drug-likeness (QED) is 0.673. The Labute approximate surface area is 72.9 Å². The van der Waals surface area contributed by atoms with Gasteiger partial charge in [0.25, 0.3) is 0 Å². The van der Waals surface area contributed by atoms with Gasteiger partial charge in [-0.15, -0.1) is 0 Å².